The molecule has 3 atom stereocenters. The Morgan fingerprint density at radius 1 is 0.971 bits per heavy atom. The number of carboxylic acid groups (broad SMARTS) is 1. The number of benzene rings is 2. The number of ether oxygens (including phenoxy) is 2. The normalized spacial score (nSPS) is 20.1. The van der Waals surface area contributed by atoms with E-state index in [9.17, 15) is 14.4 Å². The SMILES string of the molecule is COC(CNC(=O)[C@@H]1CCCCC[C@@H]1NC(=O)OCC1c2ccccc2-c2ccccc21)C(=O)O. The van der Waals surface area contributed by atoms with Crippen molar-refractivity contribution in [3.63, 3.8) is 0 Å². The second kappa shape index (κ2) is 11.4. The van der Waals surface area contributed by atoms with Crippen molar-refractivity contribution in [2.45, 2.75) is 50.2 Å². The molecule has 2 aliphatic carbocycles. The zero-order valence-corrected chi connectivity index (χ0v) is 19.9. The van der Waals surface area contributed by atoms with E-state index in [0.29, 0.717) is 12.8 Å². The van der Waals surface area contributed by atoms with E-state index >= 15 is 0 Å². The van der Waals surface area contributed by atoms with Crippen molar-refractivity contribution in [1.29, 1.82) is 0 Å². The van der Waals surface area contributed by atoms with Crippen molar-refractivity contribution in [3.8, 4) is 11.1 Å². The minimum Gasteiger partial charge on any atom is -0.479 e. The third-order valence-electron chi connectivity index (χ3n) is 7.02. The van der Waals surface area contributed by atoms with Gasteiger partial charge in [-0.25, -0.2) is 9.59 Å². The van der Waals surface area contributed by atoms with Gasteiger partial charge in [-0.15, -0.1) is 0 Å². The van der Waals surface area contributed by atoms with Gasteiger partial charge in [-0.1, -0.05) is 67.8 Å². The fraction of sp³-hybridized carbons (Fsp3) is 0.444. The molecule has 0 aromatic heterocycles. The zero-order valence-electron chi connectivity index (χ0n) is 19.9. The Labute approximate surface area is 205 Å². The van der Waals surface area contributed by atoms with Crippen LogP contribution in [0.4, 0.5) is 4.79 Å². The molecule has 0 spiro atoms. The van der Waals surface area contributed by atoms with Crippen LogP contribution in [0.25, 0.3) is 11.1 Å². The molecule has 0 aliphatic heterocycles. The summed E-state index contributed by atoms with van der Waals surface area (Å²) >= 11 is 0. The number of methoxy groups -OCH3 is 1. The molecule has 2 amide bonds. The predicted octanol–water partition coefficient (Wildman–Crippen LogP) is 3.69. The summed E-state index contributed by atoms with van der Waals surface area (Å²) in [5.41, 5.74) is 4.60. The number of carbonyl (C=O) groups is 3. The average molecular weight is 481 g/mol. The fourth-order valence-electron chi connectivity index (χ4n) is 5.18. The Kier molecular flexibility index (Phi) is 8.02. The molecule has 3 N–H and O–H groups in total. The van der Waals surface area contributed by atoms with E-state index in [-0.39, 0.29) is 31.0 Å². The average Bonchev–Trinajstić information content (AvgIpc) is 2.99. The fourth-order valence-corrected chi connectivity index (χ4v) is 5.18. The van der Waals surface area contributed by atoms with Crippen LogP contribution in [0.3, 0.4) is 0 Å². The van der Waals surface area contributed by atoms with Crippen LogP contribution >= 0.6 is 0 Å². The molecule has 2 aromatic rings. The summed E-state index contributed by atoms with van der Waals surface area (Å²) in [4.78, 5) is 36.9. The van der Waals surface area contributed by atoms with Gasteiger partial charge in [-0.3, -0.25) is 4.79 Å². The van der Waals surface area contributed by atoms with E-state index in [1.165, 1.54) is 7.11 Å². The van der Waals surface area contributed by atoms with Gasteiger partial charge in [-0.2, -0.15) is 0 Å². The van der Waals surface area contributed by atoms with Crippen LogP contribution in [0.1, 0.15) is 49.1 Å². The van der Waals surface area contributed by atoms with Crippen LogP contribution in [0.15, 0.2) is 48.5 Å². The number of aliphatic carboxylic acids is 1. The third kappa shape index (κ3) is 5.65. The molecule has 1 unspecified atom stereocenters. The number of nitrogens with one attached hydrogen (secondary N) is 2. The summed E-state index contributed by atoms with van der Waals surface area (Å²) in [6.07, 6.45) is 2.36. The molecule has 35 heavy (non-hydrogen) atoms. The van der Waals surface area contributed by atoms with Gasteiger partial charge in [-0.05, 0) is 35.1 Å². The number of rotatable bonds is 8. The monoisotopic (exact) mass is 480 g/mol. The molecule has 0 saturated heterocycles. The van der Waals surface area contributed by atoms with E-state index in [1.807, 2.05) is 24.3 Å². The van der Waals surface area contributed by atoms with Crippen LogP contribution in [-0.2, 0) is 19.1 Å². The van der Waals surface area contributed by atoms with Crippen molar-refractivity contribution < 1.29 is 29.0 Å². The van der Waals surface area contributed by atoms with E-state index in [1.54, 1.807) is 0 Å². The van der Waals surface area contributed by atoms with Crippen molar-refractivity contribution in [2.24, 2.45) is 5.92 Å². The first kappa shape index (κ1) is 24.7. The minimum atomic E-state index is -1.14. The van der Waals surface area contributed by atoms with E-state index in [4.69, 9.17) is 14.6 Å². The first-order valence-corrected chi connectivity index (χ1v) is 12.1. The molecule has 1 saturated carbocycles. The Morgan fingerprint density at radius 3 is 2.23 bits per heavy atom. The topological polar surface area (TPSA) is 114 Å². The van der Waals surface area contributed by atoms with Gasteiger partial charge in [0, 0.05) is 19.1 Å². The predicted molar refractivity (Wildman–Crippen MR) is 130 cm³/mol. The molecule has 1 fully saturated rings. The van der Waals surface area contributed by atoms with Crippen molar-refractivity contribution in [2.75, 3.05) is 20.3 Å². The van der Waals surface area contributed by atoms with Gasteiger partial charge >= 0.3 is 12.1 Å². The van der Waals surface area contributed by atoms with Gasteiger partial charge in [0.25, 0.3) is 0 Å². The minimum absolute atomic E-state index is 0.0385. The standard InChI is InChI=1S/C27H32N2O6/c1-34-24(26(31)32)15-28-25(30)21-13-3-2-4-14-23(21)29-27(33)35-16-22-19-11-7-5-9-17(19)18-10-6-8-12-20(18)22/h5-12,21-24H,2-4,13-16H2,1H3,(H,28,30)(H,29,33)(H,31,32)/t21-,23+,24?/m1/s1. The molecule has 186 valence electrons. The highest BCUT2D eigenvalue weighted by Gasteiger charge is 2.33. The Bertz CT molecular complexity index is 1030. The molecule has 8 nitrogen and oxygen atoms in total. The molecule has 4 rings (SSSR count). The highest BCUT2D eigenvalue weighted by atomic mass is 16.5. The number of hydrogen-bond donors (Lipinski definition) is 3. The lowest BCUT2D eigenvalue weighted by atomic mass is 9.93. The number of hydrogen-bond acceptors (Lipinski definition) is 5. The van der Waals surface area contributed by atoms with Crippen LogP contribution in [0.5, 0.6) is 0 Å². The number of carbonyl (C=O) groups excluding carboxylic acids is 2. The maximum Gasteiger partial charge on any atom is 0.407 e. The number of alkyl carbamates (subject to hydrolysis) is 1. The third-order valence-corrected chi connectivity index (χ3v) is 7.02. The van der Waals surface area contributed by atoms with E-state index in [0.717, 1.165) is 41.5 Å². The molecule has 0 radical (unpaired) electrons. The number of fused-ring (bicyclic) bond motifs is 3. The van der Waals surface area contributed by atoms with Crippen LogP contribution in [0.2, 0.25) is 0 Å². The molecule has 2 aromatic carbocycles. The first-order valence-electron chi connectivity index (χ1n) is 12.1. The number of carboxylic acids is 1. The van der Waals surface area contributed by atoms with E-state index < -0.39 is 24.1 Å². The molecule has 0 bridgehead atoms. The van der Waals surface area contributed by atoms with Crippen LogP contribution < -0.4 is 10.6 Å². The summed E-state index contributed by atoms with van der Waals surface area (Å²) in [7, 11) is 1.29. The van der Waals surface area contributed by atoms with Crippen LogP contribution in [0, 0.1) is 5.92 Å². The molecule has 8 heteroatoms. The molecular formula is C27H32N2O6. The maximum absolute atomic E-state index is 12.9. The summed E-state index contributed by atoms with van der Waals surface area (Å²) < 4.78 is 10.6. The second-order valence-electron chi connectivity index (χ2n) is 9.13. The van der Waals surface area contributed by atoms with Gasteiger partial charge < -0.3 is 25.2 Å². The lowest BCUT2D eigenvalue weighted by Gasteiger charge is -2.26. The van der Waals surface area contributed by atoms with Gasteiger partial charge in [0.1, 0.15) is 6.61 Å². The maximum atomic E-state index is 12.9. The summed E-state index contributed by atoms with van der Waals surface area (Å²) in [5.74, 6) is -1.91. The van der Waals surface area contributed by atoms with Gasteiger partial charge in [0.15, 0.2) is 6.10 Å². The van der Waals surface area contributed by atoms with Gasteiger partial charge in [0.05, 0.1) is 12.5 Å². The lowest BCUT2D eigenvalue weighted by Crippen LogP contribution is -2.48. The Balaban J connectivity index is 1.38. The quantitative estimate of drug-likeness (QED) is 0.497. The molecular weight excluding hydrogens is 448 g/mol. The highest BCUT2D eigenvalue weighted by molar-refractivity contribution is 5.82. The summed E-state index contributed by atoms with van der Waals surface area (Å²) in [5, 5.41) is 14.7. The number of amides is 2. The first-order chi connectivity index (χ1) is 17.0. The zero-order chi connectivity index (χ0) is 24.8. The highest BCUT2D eigenvalue weighted by Crippen LogP contribution is 2.44. The smallest absolute Gasteiger partial charge is 0.407 e. The summed E-state index contributed by atoms with van der Waals surface area (Å²) in [6.45, 7) is 0.0798. The molecule has 0 heterocycles. The van der Waals surface area contributed by atoms with Crippen LogP contribution in [-0.4, -0.2) is 55.5 Å². The Morgan fingerprint density at radius 2 is 1.60 bits per heavy atom. The van der Waals surface area contributed by atoms with Crippen molar-refractivity contribution in [3.05, 3.63) is 59.7 Å². The lowest BCUT2D eigenvalue weighted by molar-refractivity contribution is -0.148. The summed E-state index contributed by atoms with van der Waals surface area (Å²) in [6, 6.07) is 15.9. The van der Waals surface area contributed by atoms with Crippen molar-refractivity contribution in [1.82, 2.24) is 10.6 Å². The van der Waals surface area contributed by atoms with Gasteiger partial charge in [0.2, 0.25) is 5.91 Å². The largest absolute Gasteiger partial charge is 0.479 e. The second-order valence-corrected chi connectivity index (χ2v) is 9.13. The molecule has 2 aliphatic rings. The van der Waals surface area contributed by atoms with E-state index in [2.05, 4.69) is 34.9 Å². The van der Waals surface area contributed by atoms with Crippen molar-refractivity contribution >= 4 is 18.0 Å². The Hall–Kier alpha value is -3.39.